The van der Waals surface area contributed by atoms with Crippen LogP contribution in [0.25, 0.3) is 0 Å². The van der Waals surface area contributed by atoms with Crippen molar-refractivity contribution in [3.63, 3.8) is 0 Å². The van der Waals surface area contributed by atoms with Gasteiger partial charge in [-0.05, 0) is 29.7 Å². The number of fused-ring (bicyclic) bond motifs is 3. The Morgan fingerprint density at radius 3 is 2.38 bits per heavy atom. The van der Waals surface area contributed by atoms with Gasteiger partial charge in [0.1, 0.15) is 17.4 Å². The van der Waals surface area contributed by atoms with Gasteiger partial charge in [-0.25, -0.2) is 8.78 Å². The zero-order chi connectivity index (χ0) is 20.4. The number of ether oxygens (including phenoxy) is 1. The summed E-state index contributed by atoms with van der Waals surface area (Å²) in [4.78, 5) is 0. The molecule has 1 fully saturated rings. The van der Waals surface area contributed by atoms with Crippen LogP contribution >= 0.6 is 11.6 Å². The number of hydrogen-bond acceptors (Lipinski definition) is 3. The van der Waals surface area contributed by atoms with Crippen LogP contribution < -0.4 is 4.74 Å². The van der Waals surface area contributed by atoms with Gasteiger partial charge in [-0.2, -0.15) is 0 Å². The van der Waals surface area contributed by atoms with E-state index in [9.17, 15) is 19.0 Å². The number of aliphatic hydroxyl groups is 2. The molecule has 148 valence electrons. The van der Waals surface area contributed by atoms with Crippen LogP contribution in [0, 0.1) is 11.6 Å². The summed E-state index contributed by atoms with van der Waals surface area (Å²) in [5.41, 5.74) is -2.54. The fourth-order valence-corrected chi connectivity index (χ4v) is 5.11. The van der Waals surface area contributed by atoms with Crippen molar-refractivity contribution < 1.29 is 23.7 Å². The van der Waals surface area contributed by atoms with Crippen LogP contribution in [0.5, 0.6) is 5.75 Å². The normalized spacial score (nSPS) is 30.0. The van der Waals surface area contributed by atoms with E-state index in [4.69, 9.17) is 16.3 Å². The largest absolute Gasteiger partial charge is 0.478 e. The minimum absolute atomic E-state index is 0.111. The van der Waals surface area contributed by atoms with Crippen molar-refractivity contribution in [3.8, 4) is 5.75 Å². The van der Waals surface area contributed by atoms with Crippen LogP contribution in [-0.2, 0) is 11.2 Å². The molecule has 1 aliphatic heterocycles. The predicted octanol–water partition coefficient (Wildman–Crippen LogP) is 4.64. The van der Waals surface area contributed by atoms with Gasteiger partial charge >= 0.3 is 0 Å². The van der Waals surface area contributed by atoms with E-state index in [0.717, 1.165) is 11.6 Å². The maximum Gasteiger partial charge on any atom is 0.176 e. The lowest BCUT2D eigenvalue weighted by Crippen LogP contribution is -2.52. The minimum Gasteiger partial charge on any atom is -0.478 e. The fourth-order valence-electron chi connectivity index (χ4n) is 4.98. The first-order valence-corrected chi connectivity index (χ1v) is 9.65. The molecule has 1 aliphatic carbocycles. The molecular weight excluding hydrogens is 398 g/mol. The number of halogens is 3. The summed E-state index contributed by atoms with van der Waals surface area (Å²) in [6.45, 7) is 0. The van der Waals surface area contributed by atoms with Gasteiger partial charge in [-0.15, -0.1) is 0 Å². The van der Waals surface area contributed by atoms with Crippen molar-refractivity contribution >= 4 is 11.6 Å². The van der Waals surface area contributed by atoms with Gasteiger partial charge in [-0.1, -0.05) is 54.1 Å². The lowest BCUT2D eigenvalue weighted by molar-refractivity contribution is -0.150. The molecule has 2 aliphatic rings. The van der Waals surface area contributed by atoms with E-state index in [1.54, 1.807) is 24.3 Å². The highest BCUT2D eigenvalue weighted by atomic mass is 35.5. The second-order valence-electron chi connectivity index (χ2n) is 7.59. The molecule has 1 heterocycles. The summed E-state index contributed by atoms with van der Waals surface area (Å²) in [6, 6.07) is 17.7. The number of hydrogen-bond donors (Lipinski definition) is 2. The second kappa shape index (κ2) is 6.26. The zero-order valence-electron chi connectivity index (χ0n) is 15.1. The van der Waals surface area contributed by atoms with Crippen LogP contribution in [0.3, 0.4) is 0 Å². The Kier molecular flexibility index (Phi) is 4.01. The average molecular weight is 415 g/mol. The van der Waals surface area contributed by atoms with E-state index >= 15 is 0 Å². The monoisotopic (exact) mass is 414 g/mol. The number of rotatable bonds is 2. The highest BCUT2D eigenvalue weighted by molar-refractivity contribution is 6.30. The van der Waals surface area contributed by atoms with Crippen LogP contribution in [0.1, 0.15) is 29.0 Å². The summed E-state index contributed by atoms with van der Waals surface area (Å²) in [6.07, 6.45) is -1.19. The Morgan fingerprint density at radius 2 is 1.69 bits per heavy atom. The first kappa shape index (κ1) is 18.6. The Hall–Kier alpha value is -2.47. The van der Waals surface area contributed by atoms with Gasteiger partial charge in [0.25, 0.3) is 0 Å². The number of benzene rings is 3. The molecule has 0 bridgehead atoms. The quantitative estimate of drug-likeness (QED) is 0.642. The maximum atomic E-state index is 14.9. The van der Waals surface area contributed by atoms with Crippen LogP contribution in [0.4, 0.5) is 8.78 Å². The summed E-state index contributed by atoms with van der Waals surface area (Å²) >= 11 is 6.05. The molecule has 1 saturated carbocycles. The highest BCUT2D eigenvalue weighted by Crippen LogP contribution is 2.67. The standard InChI is InChI=1S/C23H17ClF2O3/c24-15-8-6-14(7-9-15)23-17(13-4-2-1-3-5-13)12-20(27)22(23,28)21-18(26)10-16(25)11-19(21)29-23/h1-11,17,20,27-28H,12H2/t17-,20-,22+,23-/m0/s1. The lowest BCUT2D eigenvalue weighted by Gasteiger charge is -2.40. The first-order chi connectivity index (χ1) is 13.9. The van der Waals surface area contributed by atoms with Gasteiger partial charge in [-0.3, -0.25) is 0 Å². The van der Waals surface area contributed by atoms with Crippen LogP contribution in [-0.4, -0.2) is 16.3 Å². The summed E-state index contributed by atoms with van der Waals surface area (Å²) < 4.78 is 35.0. The van der Waals surface area contributed by atoms with Gasteiger partial charge in [0.15, 0.2) is 11.2 Å². The molecule has 0 aromatic heterocycles. The van der Waals surface area contributed by atoms with Gasteiger partial charge in [0, 0.05) is 23.1 Å². The lowest BCUT2D eigenvalue weighted by atomic mass is 9.71. The highest BCUT2D eigenvalue weighted by Gasteiger charge is 2.73. The third-order valence-electron chi connectivity index (χ3n) is 6.14. The molecule has 0 radical (unpaired) electrons. The Labute approximate surface area is 171 Å². The molecule has 4 atom stereocenters. The topological polar surface area (TPSA) is 49.7 Å². The summed E-state index contributed by atoms with van der Waals surface area (Å²) in [7, 11) is 0. The van der Waals surface area contributed by atoms with E-state index < -0.39 is 34.9 Å². The van der Waals surface area contributed by atoms with Crippen molar-refractivity contribution in [1.82, 2.24) is 0 Å². The molecule has 5 rings (SSSR count). The molecular formula is C23H17ClF2O3. The molecule has 0 spiro atoms. The van der Waals surface area contributed by atoms with Gasteiger partial charge < -0.3 is 14.9 Å². The zero-order valence-corrected chi connectivity index (χ0v) is 15.9. The molecule has 3 nitrogen and oxygen atoms in total. The van der Waals surface area contributed by atoms with Gasteiger partial charge in [0.2, 0.25) is 0 Å². The molecule has 0 saturated heterocycles. The predicted molar refractivity (Wildman–Crippen MR) is 104 cm³/mol. The average Bonchev–Trinajstić information content (AvgIpc) is 3.09. The Balaban J connectivity index is 1.83. The van der Waals surface area contributed by atoms with Gasteiger partial charge in [0.05, 0.1) is 11.7 Å². The van der Waals surface area contributed by atoms with Crippen LogP contribution in [0.15, 0.2) is 66.7 Å². The summed E-state index contributed by atoms with van der Waals surface area (Å²) in [5, 5.41) is 23.3. The van der Waals surface area contributed by atoms with Crippen LogP contribution in [0.2, 0.25) is 5.02 Å². The van der Waals surface area contributed by atoms with E-state index in [2.05, 4.69) is 0 Å². The minimum atomic E-state index is -2.10. The van der Waals surface area contributed by atoms with E-state index in [1.807, 2.05) is 30.3 Å². The molecule has 3 aromatic rings. The Morgan fingerprint density at radius 1 is 1.00 bits per heavy atom. The third kappa shape index (κ3) is 2.35. The maximum absolute atomic E-state index is 14.9. The van der Waals surface area contributed by atoms with Crippen molar-refractivity contribution in [2.24, 2.45) is 0 Å². The first-order valence-electron chi connectivity index (χ1n) is 9.28. The molecule has 0 unspecified atom stereocenters. The van der Waals surface area contributed by atoms with E-state index in [-0.39, 0.29) is 17.7 Å². The van der Waals surface area contributed by atoms with E-state index in [0.29, 0.717) is 16.7 Å². The third-order valence-corrected chi connectivity index (χ3v) is 6.40. The molecule has 2 N–H and O–H groups in total. The smallest absolute Gasteiger partial charge is 0.176 e. The van der Waals surface area contributed by atoms with Crippen molar-refractivity contribution in [1.29, 1.82) is 0 Å². The molecule has 3 aromatic carbocycles. The molecule has 0 amide bonds. The number of aliphatic hydroxyl groups excluding tert-OH is 1. The molecule has 6 heteroatoms. The second-order valence-corrected chi connectivity index (χ2v) is 8.02. The van der Waals surface area contributed by atoms with E-state index in [1.165, 1.54) is 0 Å². The molecule has 29 heavy (non-hydrogen) atoms. The van der Waals surface area contributed by atoms with Crippen molar-refractivity contribution in [2.45, 2.75) is 29.6 Å². The SMILES string of the molecule is O[C@H]1C[C@@H](c2ccccc2)[C@]2(c3ccc(Cl)cc3)Oc3cc(F)cc(F)c3[C@]12O. The van der Waals surface area contributed by atoms with Crippen molar-refractivity contribution in [3.05, 3.63) is 100 Å². The van der Waals surface area contributed by atoms with Crippen molar-refractivity contribution in [2.75, 3.05) is 0 Å². The summed E-state index contributed by atoms with van der Waals surface area (Å²) in [5.74, 6) is -2.40. The Bertz CT molecular complexity index is 1090. The fraction of sp³-hybridized carbons (Fsp3) is 0.217.